The summed E-state index contributed by atoms with van der Waals surface area (Å²) in [5, 5.41) is 3.39. The molecule has 0 radical (unpaired) electrons. The van der Waals surface area contributed by atoms with Gasteiger partial charge in [0.2, 0.25) is 0 Å². The summed E-state index contributed by atoms with van der Waals surface area (Å²) < 4.78 is 16.4. The minimum Gasteiger partial charge on any atom is -0.493 e. The van der Waals surface area contributed by atoms with Crippen LogP contribution in [0.4, 0.5) is 0 Å². The summed E-state index contributed by atoms with van der Waals surface area (Å²) in [4.78, 5) is 0. The first-order valence-electron chi connectivity index (χ1n) is 7.34. The number of methoxy groups -OCH3 is 1. The standard InChI is InChI=1S/C16H27NO3/c1-5-17-13(3)14-8-9-15(16(12-14)18-4)20-11-7-10-19-6-2/h8-9,12-13,17H,5-7,10-11H2,1-4H3. The lowest BCUT2D eigenvalue weighted by atomic mass is 10.1. The Kier molecular flexibility index (Phi) is 8.07. The average molecular weight is 281 g/mol. The minimum atomic E-state index is 0.306. The van der Waals surface area contributed by atoms with Gasteiger partial charge in [-0.15, -0.1) is 0 Å². The van der Waals surface area contributed by atoms with E-state index in [0.717, 1.165) is 37.7 Å². The second-order valence-corrected chi connectivity index (χ2v) is 4.59. The highest BCUT2D eigenvalue weighted by atomic mass is 16.5. The number of hydrogen-bond acceptors (Lipinski definition) is 4. The van der Waals surface area contributed by atoms with Crippen LogP contribution in [0.25, 0.3) is 0 Å². The minimum absolute atomic E-state index is 0.306. The second-order valence-electron chi connectivity index (χ2n) is 4.59. The first kappa shape index (κ1) is 16.8. The highest BCUT2D eigenvalue weighted by Gasteiger charge is 2.09. The Morgan fingerprint density at radius 3 is 2.60 bits per heavy atom. The molecule has 1 aromatic rings. The molecule has 0 aromatic heterocycles. The molecule has 1 rings (SSSR count). The van der Waals surface area contributed by atoms with Gasteiger partial charge in [0.25, 0.3) is 0 Å². The van der Waals surface area contributed by atoms with Crippen LogP contribution in [-0.4, -0.2) is 33.5 Å². The quantitative estimate of drug-likeness (QED) is 0.669. The SMILES string of the molecule is CCNC(C)c1ccc(OCCCOCC)c(OC)c1. The van der Waals surface area contributed by atoms with Crippen LogP contribution in [0.3, 0.4) is 0 Å². The predicted octanol–water partition coefficient (Wildman–Crippen LogP) is 3.17. The third-order valence-corrected chi connectivity index (χ3v) is 3.09. The number of rotatable bonds is 10. The van der Waals surface area contributed by atoms with Crippen molar-refractivity contribution in [2.45, 2.75) is 33.2 Å². The molecule has 0 aliphatic carbocycles. The molecule has 0 spiro atoms. The van der Waals surface area contributed by atoms with Crippen molar-refractivity contribution in [1.82, 2.24) is 5.32 Å². The zero-order chi connectivity index (χ0) is 14.8. The van der Waals surface area contributed by atoms with Crippen molar-refractivity contribution in [3.63, 3.8) is 0 Å². The van der Waals surface area contributed by atoms with Gasteiger partial charge in [0.05, 0.1) is 13.7 Å². The van der Waals surface area contributed by atoms with Crippen LogP contribution in [0.15, 0.2) is 18.2 Å². The van der Waals surface area contributed by atoms with Crippen molar-refractivity contribution < 1.29 is 14.2 Å². The Bertz CT molecular complexity index is 382. The maximum atomic E-state index is 5.74. The van der Waals surface area contributed by atoms with Gasteiger partial charge in [-0.1, -0.05) is 13.0 Å². The highest BCUT2D eigenvalue weighted by molar-refractivity contribution is 5.43. The molecule has 4 heteroatoms. The van der Waals surface area contributed by atoms with Crippen molar-refractivity contribution in [2.24, 2.45) is 0 Å². The van der Waals surface area contributed by atoms with Gasteiger partial charge in [0.1, 0.15) is 0 Å². The lowest BCUT2D eigenvalue weighted by molar-refractivity contribution is 0.130. The molecular weight excluding hydrogens is 254 g/mol. The molecule has 0 amide bonds. The molecule has 4 nitrogen and oxygen atoms in total. The Morgan fingerprint density at radius 2 is 1.95 bits per heavy atom. The maximum Gasteiger partial charge on any atom is 0.161 e. The first-order valence-corrected chi connectivity index (χ1v) is 7.34. The van der Waals surface area contributed by atoms with Gasteiger partial charge in [0.15, 0.2) is 11.5 Å². The first-order chi connectivity index (χ1) is 9.72. The highest BCUT2D eigenvalue weighted by Crippen LogP contribution is 2.30. The van der Waals surface area contributed by atoms with Crippen LogP contribution in [-0.2, 0) is 4.74 Å². The molecular formula is C16H27NO3. The molecule has 0 saturated carbocycles. The molecule has 1 aromatic carbocycles. The fourth-order valence-corrected chi connectivity index (χ4v) is 1.98. The number of hydrogen-bond donors (Lipinski definition) is 1. The van der Waals surface area contributed by atoms with Crippen molar-refractivity contribution in [2.75, 3.05) is 33.5 Å². The molecule has 0 saturated heterocycles. The van der Waals surface area contributed by atoms with Crippen LogP contribution in [0.2, 0.25) is 0 Å². The van der Waals surface area contributed by atoms with Crippen LogP contribution < -0.4 is 14.8 Å². The molecule has 0 fully saturated rings. The summed E-state index contributed by atoms with van der Waals surface area (Å²) in [5.41, 5.74) is 1.20. The van der Waals surface area contributed by atoms with Crippen molar-refractivity contribution in [3.05, 3.63) is 23.8 Å². The summed E-state index contributed by atoms with van der Waals surface area (Å²) in [7, 11) is 1.67. The van der Waals surface area contributed by atoms with E-state index in [1.54, 1.807) is 7.11 Å². The van der Waals surface area contributed by atoms with Crippen LogP contribution >= 0.6 is 0 Å². The van der Waals surface area contributed by atoms with E-state index in [0.29, 0.717) is 12.6 Å². The smallest absolute Gasteiger partial charge is 0.161 e. The normalized spacial score (nSPS) is 12.2. The third kappa shape index (κ3) is 5.39. The Morgan fingerprint density at radius 1 is 1.15 bits per heavy atom. The molecule has 1 unspecified atom stereocenters. The summed E-state index contributed by atoms with van der Waals surface area (Å²) in [6.07, 6.45) is 0.881. The van der Waals surface area contributed by atoms with E-state index in [-0.39, 0.29) is 0 Å². The van der Waals surface area contributed by atoms with Crippen LogP contribution in [0.1, 0.15) is 38.8 Å². The molecule has 114 valence electrons. The van der Waals surface area contributed by atoms with E-state index in [1.807, 2.05) is 19.1 Å². The molecule has 1 atom stereocenters. The summed E-state index contributed by atoms with van der Waals surface area (Å²) >= 11 is 0. The van der Waals surface area contributed by atoms with E-state index < -0.39 is 0 Å². The topological polar surface area (TPSA) is 39.7 Å². The number of nitrogens with one attached hydrogen (secondary N) is 1. The van der Waals surface area contributed by atoms with Gasteiger partial charge >= 0.3 is 0 Å². The van der Waals surface area contributed by atoms with E-state index in [4.69, 9.17) is 14.2 Å². The van der Waals surface area contributed by atoms with Crippen molar-refractivity contribution in [3.8, 4) is 11.5 Å². The van der Waals surface area contributed by atoms with Gasteiger partial charge in [-0.05, 0) is 38.1 Å². The maximum absolute atomic E-state index is 5.74. The molecule has 20 heavy (non-hydrogen) atoms. The van der Waals surface area contributed by atoms with E-state index in [9.17, 15) is 0 Å². The van der Waals surface area contributed by atoms with E-state index in [2.05, 4.69) is 25.2 Å². The van der Waals surface area contributed by atoms with Gasteiger partial charge in [-0.3, -0.25) is 0 Å². The van der Waals surface area contributed by atoms with Crippen molar-refractivity contribution in [1.29, 1.82) is 0 Å². The Balaban J connectivity index is 2.58. The molecule has 0 bridgehead atoms. The lowest BCUT2D eigenvalue weighted by Gasteiger charge is -2.16. The lowest BCUT2D eigenvalue weighted by Crippen LogP contribution is -2.17. The molecule has 0 heterocycles. The largest absolute Gasteiger partial charge is 0.493 e. The zero-order valence-electron chi connectivity index (χ0n) is 13.1. The molecule has 0 aliphatic rings. The monoisotopic (exact) mass is 281 g/mol. The van der Waals surface area contributed by atoms with Crippen molar-refractivity contribution >= 4 is 0 Å². The predicted molar refractivity (Wildman–Crippen MR) is 81.7 cm³/mol. The fraction of sp³-hybridized carbons (Fsp3) is 0.625. The summed E-state index contributed by atoms with van der Waals surface area (Å²) in [6.45, 7) is 9.30. The molecule has 0 aliphatic heterocycles. The summed E-state index contributed by atoms with van der Waals surface area (Å²) in [6, 6.07) is 6.39. The van der Waals surface area contributed by atoms with Gasteiger partial charge in [-0.25, -0.2) is 0 Å². The van der Waals surface area contributed by atoms with E-state index >= 15 is 0 Å². The van der Waals surface area contributed by atoms with Crippen LogP contribution in [0, 0.1) is 0 Å². The Hall–Kier alpha value is -1.26. The second kappa shape index (κ2) is 9.61. The number of benzene rings is 1. The Labute approximate surface area is 122 Å². The van der Waals surface area contributed by atoms with Gasteiger partial charge in [0, 0.05) is 25.7 Å². The average Bonchev–Trinajstić information content (AvgIpc) is 2.47. The molecule has 1 N–H and O–H groups in total. The number of ether oxygens (including phenoxy) is 3. The van der Waals surface area contributed by atoms with Gasteiger partial charge < -0.3 is 19.5 Å². The van der Waals surface area contributed by atoms with Gasteiger partial charge in [-0.2, -0.15) is 0 Å². The third-order valence-electron chi connectivity index (χ3n) is 3.09. The van der Waals surface area contributed by atoms with Crippen LogP contribution in [0.5, 0.6) is 11.5 Å². The van der Waals surface area contributed by atoms with E-state index in [1.165, 1.54) is 5.56 Å². The zero-order valence-corrected chi connectivity index (χ0v) is 13.1. The summed E-state index contributed by atoms with van der Waals surface area (Å²) in [5.74, 6) is 1.57. The fourth-order valence-electron chi connectivity index (χ4n) is 1.98.